The molecule has 0 unspecified atom stereocenters. The van der Waals surface area contributed by atoms with Gasteiger partial charge in [-0.3, -0.25) is 4.79 Å². The quantitative estimate of drug-likeness (QED) is 0.812. The third-order valence-electron chi connectivity index (χ3n) is 2.62. The van der Waals surface area contributed by atoms with Crippen LogP contribution in [0.4, 0.5) is 14.9 Å². The summed E-state index contributed by atoms with van der Waals surface area (Å²) in [5.41, 5.74) is 0.603. The summed E-state index contributed by atoms with van der Waals surface area (Å²) in [6.45, 7) is 0.626. The van der Waals surface area contributed by atoms with Gasteiger partial charge in [-0.2, -0.15) is 0 Å². The first-order chi connectivity index (χ1) is 8.45. The minimum atomic E-state index is -1.03. The van der Waals surface area contributed by atoms with Crippen LogP contribution in [-0.4, -0.2) is 49.6 Å². The first kappa shape index (κ1) is 14.0. The summed E-state index contributed by atoms with van der Waals surface area (Å²) in [6.07, 6.45) is -0.453. The first-order valence-electron chi connectivity index (χ1n) is 5.35. The van der Waals surface area contributed by atoms with Gasteiger partial charge in [-0.25, -0.2) is 9.18 Å². The highest BCUT2D eigenvalue weighted by Crippen LogP contribution is 2.18. The molecule has 0 saturated carbocycles. The highest BCUT2D eigenvalue weighted by molar-refractivity contribution is 5.76. The molecule has 0 atom stereocenters. The van der Waals surface area contributed by atoms with Gasteiger partial charge in [0.15, 0.2) is 0 Å². The summed E-state index contributed by atoms with van der Waals surface area (Å²) in [5.74, 6) is -0.500. The van der Waals surface area contributed by atoms with Gasteiger partial charge < -0.3 is 14.9 Å². The molecular formula is C12H15FN2O3. The third-order valence-corrected chi connectivity index (χ3v) is 2.62. The van der Waals surface area contributed by atoms with E-state index in [0.717, 1.165) is 11.0 Å². The number of carboxylic acid groups (broad SMARTS) is 1. The topological polar surface area (TPSA) is 60.9 Å². The zero-order valence-corrected chi connectivity index (χ0v) is 10.3. The molecule has 98 valence electrons. The van der Waals surface area contributed by atoms with Gasteiger partial charge in [0, 0.05) is 32.7 Å². The fourth-order valence-corrected chi connectivity index (χ4v) is 1.42. The van der Waals surface area contributed by atoms with Crippen molar-refractivity contribution in [2.75, 3.05) is 32.1 Å². The van der Waals surface area contributed by atoms with Crippen LogP contribution in [0.15, 0.2) is 18.2 Å². The fourth-order valence-electron chi connectivity index (χ4n) is 1.42. The van der Waals surface area contributed by atoms with Crippen LogP contribution in [0.2, 0.25) is 0 Å². The number of anilines is 1. The Hall–Kier alpha value is -2.11. The fraction of sp³-hybridized carbons (Fsp3) is 0.333. The number of likely N-dealkylation sites (N-methyl/N-ethyl adjacent to an activating group) is 2. The van der Waals surface area contributed by atoms with Crippen molar-refractivity contribution in [3.05, 3.63) is 29.6 Å². The van der Waals surface area contributed by atoms with Gasteiger partial charge >= 0.3 is 6.09 Å². The van der Waals surface area contributed by atoms with E-state index in [1.54, 1.807) is 11.9 Å². The van der Waals surface area contributed by atoms with Gasteiger partial charge in [-0.05, 0) is 18.2 Å². The molecule has 0 radical (unpaired) electrons. The summed E-state index contributed by atoms with van der Waals surface area (Å²) in [6, 6.07) is 4.17. The van der Waals surface area contributed by atoms with Gasteiger partial charge in [-0.15, -0.1) is 0 Å². The van der Waals surface area contributed by atoms with Crippen LogP contribution < -0.4 is 4.90 Å². The Kier molecular flexibility index (Phi) is 4.65. The SMILES string of the molecule is CN(CCN(C)c1ccc(C=O)cc1F)C(=O)O. The lowest BCUT2D eigenvalue weighted by Gasteiger charge is -2.22. The molecule has 0 bridgehead atoms. The molecule has 0 aliphatic rings. The van der Waals surface area contributed by atoms with Crippen LogP contribution >= 0.6 is 0 Å². The molecular weight excluding hydrogens is 239 g/mol. The van der Waals surface area contributed by atoms with E-state index in [9.17, 15) is 14.0 Å². The average molecular weight is 254 g/mol. The van der Waals surface area contributed by atoms with Crippen LogP contribution in [-0.2, 0) is 0 Å². The van der Waals surface area contributed by atoms with E-state index in [1.807, 2.05) is 0 Å². The molecule has 0 saturated heterocycles. The summed E-state index contributed by atoms with van der Waals surface area (Å²) >= 11 is 0. The van der Waals surface area contributed by atoms with Crippen molar-refractivity contribution in [2.45, 2.75) is 0 Å². The molecule has 5 nitrogen and oxygen atoms in total. The van der Waals surface area contributed by atoms with E-state index in [0.29, 0.717) is 18.5 Å². The molecule has 0 aromatic heterocycles. The maximum atomic E-state index is 13.6. The second kappa shape index (κ2) is 6.00. The number of benzene rings is 1. The first-order valence-corrected chi connectivity index (χ1v) is 5.35. The normalized spacial score (nSPS) is 9.94. The summed E-state index contributed by atoms with van der Waals surface area (Å²) < 4.78 is 13.6. The van der Waals surface area contributed by atoms with Crippen molar-refractivity contribution in [3.63, 3.8) is 0 Å². The number of hydrogen-bond donors (Lipinski definition) is 1. The third kappa shape index (κ3) is 3.44. The average Bonchev–Trinajstić information content (AvgIpc) is 2.34. The summed E-state index contributed by atoms with van der Waals surface area (Å²) in [7, 11) is 3.11. The predicted octanol–water partition coefficient (Wildman–Crippen LogP) is 1.68. The van der Waals surface area contributed by atoms with Crippen molar-refractivity contribution in [3.8, 4) is 0 Å². The van der Waals surface area contributed by atoms with Crippen molar-refractivity contribution in [2.24, 2.45) is 0 Å². The highest BCUT2D eigenvalue weighted by atomic mass is 19.1. The molecule has 6 heteroatoms. The van der Waals surface area contributed by atoms with Crippen molar-refractivity contribution < 1.29 is 19.1 Å². The molecule has 1 rings (SSSR count). The van der Waals surface area contributed by atoms with Crippen LogP contribution in [0.3, 0.4) is 0 Å². The zero-order chi connectivity index (χ0) is 13.7. The number of carbonyl (C=O) groups excluding carboxylic acids is 1. The molecule has 1 aromatic rings. The Morgan fingerprint density at radius 1 is 1.39 bits per heavy atom. The van der Waals surface area contributed by atoms with Gasteiger partial charge in [0.1, 0.15) is 12.1 Å². The largest absolute Gasteiger partial charge is 0.465 e. The van der Waals surface area contributed by atoms with Crippen LogP contribution in [0.25, 0.3) is 0 Å². The monoisotopic (exact) mass is 254 g/mol. The maximum absolute atomic E-state index is 13.6. The van der Waals surface area contributed by atoms with Gasteiger partial charge in [0.25, 0.3) is 0 Å². The molecule has 1 amide bonds. The van der Waals surface area contributed by atoms with E-state index >= 15 is 0 Å². The second-order valence-corrected chi connectivity index (χ2v) is 3.95. The van der Waals surface area contributed by atoms with Crippen molar-refractivity contribution in [1.82, 2.24) is 4.90 Å². The lowest BCUT2D eigenvalue weighted by Crippen LogP contribution is -2.34. The van der Waals surface area contributed by atoms with Crippen LogP contribution in [0.1, 0.15) is 10.4 Å². The van der Waals surface area contributed by atoms with E-state index in [2.05, 4.69) is 0 Å². The highest BCUT2D eigenvalue weighted by Gasteiger charge is 2.11. The number of amides is 1. The van der Waals surface area contributed by atoms with E-state index in [4.69, 9.17) is 5.11 Å². The zero-order valence-electron chi connectivity index (χ0n) is 10.3. The van der Waals surface area contributed by atoms with E-state index in [-0.39, 0.29) is 12.1 Å². The number of hydrogen-bond acceptors (Lipinski definition) is 3. The molecule has 18 heavy (non-hydrogen) atoms. The summed E-state index contributed by atoms with van der Waals surface area (Å²) in [4.78, 5) is 23.8. The number of rotatable bonds is 5. The van der Waals surface area contributed by atoms with Crippen LogP contribution in [0.5, 0.6) is 0 Å². The van der Waals surface area contributed by atoms with Gasteiger partial charge in [0.2, 0.25) is 0 Å². The Balaban J connectivity index is 2.69. The number of carbonyl (C=O) groups is 2. The minimum Gasteiger partial charge on any atom is -0.465 e. The maximum Gasteiger partial charge on any atom is 0.407 e. The number of aldehydes is 1. The molecule has 1 aromatic carbocycles. The molecule has 0 heterocycles. The molecule has 1 N–H and O–H groups in total. The van der Waals surface area contributed by atoms with E-state index < -0.39 is 11.9 Å². The molecule has 0 aliphatic heterocycles. The van der Waals surface area contributed by atoms with Gasteiger partial charge in [0.05, 0.1) is 5.69 Å². The lowest BCUT2D eigenvalue weighted by molar-refractivity contribution is 0.112. The Morgan fingerprint density at radius 3 is 2.56 bits per heavy atom. The predicted molar refractivity (Wildman–Crippen MR) is 65.7 cm³/mol. The summed E-state index contributed by atoms with van der Waals surface area (Å²) in [5, 5.41) is 8.68. The second-order valence-electron chi connectivity index (χ2n) is 3.95. The van der Waals surface area contributed by atoms with Crippen molar-refractivity contribution >= 4 is 18.1 Å². The number of nitrogens with zero attached hydrogens (tertiary/aromatic N) is 2. The molecule has 0 fully saturated rings. The van der Waals surface area contributed by atoms with E-state index in [1.165, 1.54) is 19.2 Å². The molecule has 0 aliphatic carbocycles. The lowest BCUT2D eigenvalue weighted by atomic mass is 10.2. The Morgan fingerprint density at radius 2 is 2.06 bits per heavy atom. The van der Waals surface area contributed by atoms with Gasteiger partial charge in [-0.1, -0.05) is 0 Å². The Labute approximate surface area is 104 Å². The minimum absolute atomic E-state index is 0.265. The Bertz CT molecular complexity index is 451. The number of halogens is 1. The van der Waals surface area contributed by atoms with Crippen LogP contribution in [0, 0.1) is 5.82 Å². The molecule has 0 spiro atoms. The smallest absolute Gasteiger partial charge is 0.407 e. The van der Waals surface area contributed by atoms with Crippen molar-refractivity contribution in [1.29, 1.82) is 0 Å². The standard InChI is InChI=1S/C12H15FN2O3/c1-14(5-6-15(2)12(17)18)11-4-3-9(8-16)7-10(11)13/h3-4,7-8H,5-6H2,1-2H3,(H,17,18).